The van der Waals surface area contributed by atoms with Crippen LogP contribution in [0.4, 0.5) is 0 Å². The lowest BCUT2D eigenvalue weighted by molar-refractivity contribution is 0.270. The molecular weight excluding hydrogens is 176 g/mol. The maximum absolute atomic E-state index is 8.88. The van der Waals surface area contributed by atoms with Gasteiger partial charge < -0.3 is 9.51 Å². The summed E-state index contributed by atoms with van der Waals surface area (Å²) in [5.41, 5.74) is 0.895. The molecule has 1 N–H and O–H groups in total. The van der Waals surface area contributed by atoms with Crippen molar-refractivity contribution in [2.75, 3.05) is 0 Å². The highest BCUT2D eigenvalue weighted by Crippen LogP contribution is 2.13. The fourth-order valence-electron chi connectivity index (χ4n) is 1.15. The van der Waals surface area contributed by atoms with Crippen LogP contribution in [-0.4, -0.2) is 14.5 Å². The van der Waals surface area contributed by atoms with Crippen LogP contribution < -0.4 is 0 Å². The molecule has 0 aliphatic rings. The van der Waals surface area contributed by atoms with E-state index in [1.54, 1.807) is 28.9 Å². The zero-order valence-corrected chi connectivity index (χ0v) is 6.99. The van der Waals surface area contributed by atoms with Crippen molar-refractivity contribution in [3.63, 3.8) is 0 Å². The zero-order valence-electron chi connectivity index (χ0n) is 6.24. The first-order chi connectivity index (χ1) is 5.81. The fraction of sp³-hybridized carbons (Fsp3) is 0.125. The Morgan fingerprint density at radius 3 is 3.17 bits per heavy atom. The minimum absolute atomic E-state index is 0.0597. The van der Waals surface area contributed by atoms with Gasteiger partial charge in [-0.05, 0) is 12.1 Å². The molecule has 0 saturated heterocycles. The van der Waals surface area contributed by atoms with Gasteiger partial charge in [-0.25, -0.2) is 4.98 Å². The van der Waals surface area contributed by atoms with Gasteiger partial charge >= 0.3 is 0 Å². The quantitative estimate of drug-likeness (QED) is 0.726. The summed E-state index contributed by atoms with van der Waals surface area (Å²) in [6, 6.07) is 3.56. The van der Waals surface area contributed by atoms with E-state index in [9.17, 15) is 0 Å². The number of pyridine rings is 1. The van der Waals surface area contributed by atoms with Crippen LogP contribution in [0, 0.1) is 0 Å². The molecule has 3 nitrogen and oxygen atoms in total. The highest BCUT2D eigenvalue weighted by atomic mass is 35.5. The summed E-state index contributed by atoms with van der Waals surface area (Å²) in [4.78, 5) is 4.01. The van der Waals surface area contributed by atoms with E-state index in [2.05, 4.69) is 4.98 Å². The Labute approximate surface area is 74.2 Å². The van der Waals surface area contributed by atoms with Gasteiger partial charge in [-0.2, -0.15) is 0 Å². The predicted molar refractivity (Wildman–Crippen MR) is 46.1 cm³/mol. The SMILES string of the molecule is OCc1ncc2cc(Cl)ccn12. The summed E-state index contributed by atoms with van der Waals surface area (Å²) in [5.74, 6) is 0.627. The molecule has 0 aliphatic carbocycles. The third-order valence-electron chi connectivity index (χ3n) is 1.71. The van der Waals surface area contributed by atoms with Crippen molar-refractivity contribution in [1.29, 1.82) is 0 Å². The number of fused-ring (bicyclic) bond motifs is 1. The van der Waals surface area contributed by atoms with Crippen molar-refractivity contribution >= 4 is 17.1 Å². The molecule has 0 atom stereocenters. The number of aliphatic hydroxyl groups is 1. The van der Waals surface area contributed by atoms with Crippen molar-refractivity contribution in [2.24, 2.45) is 0 Å². The average Bonchev–Trinajstić information content (AvgIpc) is 2.46. The number of imidazole rings is 1. The van der Waals surface area contributed by atoms with Crippen LogP contribution in [0.5, 0.6) is 0 Å². The standard InChI is InChI=1S/C8H7ClN2O/c9-6-1-2-11-7(3-6)4-10-8(11)5-12/h1-4,12H,5H2. The number of halogens is 1. The topological polar surface area (TPSA) is 37.5 Å². The van der Waals surface area contributed by atoms with Crippen LogP contribution in [0.2, 0.25) is 5.02 Å². The average molecular weight is 183 g/mol. The Kier molecular flexibility index (Phi) is 1.75. The molecule has 0 aromatic carbocycles. The van der Waals surface area contributed by atoms with E-state index in [-0.39, 0.29) is 6.61 Å². The van der Waals surface area contributed by atoms with Crippen LogP contribution in [0.3, 0.4) is 0 Å². The molecule has 0 bridgehead atoms. The van der Waals surface area contributed by atoms with Crippen LogP contribution in [0.15, 0.2) is 24.5 Å². The largest absolute Gasteiger partial charge is 0.388 e. The molecule has 0 unspecified atom stereocenters. The number of rotatable bonds is 1. The number of aliphatic hydroxyl groups excluding tert-OH is 1. The first-order valence-corrected chi connectivity index (χ1v) is 3.91. The third kappa shape index (κ3) is 1.07. The molecule has 0 spiro atoms. The van der Waals surface area contributed by atoms with E-state index in [4.69, 9.17) is 16.7 Å². The lowest BCUT2D eigenvalue weighted by Gasteiger charge is -1.96. The number of aromatic nitrogens is 2. The van der Waals surface area contributed by atoms with Gasteiger partial charge in [-0.15, -0.1) is 0 Å². The highest BCUT2D eigenvalue weighted by Gasteiger charge is 2.00. The second kappa shape index (κ2) is 2.77. The van der Waals surface area contributed by atoms with Gasteiger partial charge in [0.25, 0.3) is 0 Å². The molecule has 0 saturated carbocycles. The van der Waals surface area contributed by atoms with Crippen molar-refractivity contribution < 1.29 is 5.11 Å². The molecule has 0 fully saturated rings. The van der Waals surface area contributed by atoms with E-state index >= 15 is 0 Å². The van der Waals surface area contributed by atoms with Gasteiger partial charge in [0.1, 0.15) is 12.4 Å². The Hall–Kier alpha value is -1.06. The number of nitrogens with zero attached hydrogens (tertiary/aromatic N) is 2. The summed E-state index contributed by atoms with van der Waals surface area (Å²) in [5, 5.41) is 9.55. The first-order valence-electron chi connectivity index (χ1n) is 3.53. The third-order valence-corrected chi connectivity index (χ3v) is 1.95. The molecule has 0 aliphatic heterocycles. The molecule has 2 aromatic heterocycles. The summed E-state index contributed by atoms with van der Waals surface area (Å²) in [6.45, 7) is -0.0597. The molecule has 2 rings (SSSR count). The zero-order chi connectivity index (χ0) is 8.55. The number of hydrogen-bond acceptors (Lipinski definition) is 2. The predicted octanol–water partition coefficient (Wildman–Crippen LogP) is 1.48. The van der Waals surface area contributed by atoms with Gasteiger partial charge in [-0.1, -0.05) is 11.6 Å². The minimum atomic E-state index is -0.0597. The summed E-state index contributed by atoms with van der Waals surface area (Å²) >= 11 is 5.77. The molecule has 12 heavy (non-hydrogen) atoms. The number of hydrogen-bond donors (Lipinski definition) is 1. The Bertz CT molecular complexity index is 410. The summed E-state index contributed by atoms with van der Waals surface area (Å²) in [7, 11) is 0. The van der Waals surface area contributed by atoms with E-state index in [0.717, 1.165) is 5.52 Å². The van der Waals surface area contributed by atoms with Crippen LogP contribution in [0.25, 0.3) is 5.52 Å². The Balaban J connectivity index is 2.73. The van der Waals surface area contributed by atoms with Gasteiger partial charge in [0.2, 0.25) is 0 Å². The van der Waals surface area contributed by atoms with Gasteiger partial charge in [0.15, 0.2) is 0 Å². The molecule has 0 radical (unpaired) electrons. The molecular formula is C8H7ClN2O. The van der Waals surface area contributed by atoms with Crippen molar-refractivity contribution in [3.8, 4) is 0 Å². The van der Waals surface area contributed by atoms with Crippen LogP contribution >= 0.6 is 11.6 Å². The second-order valence-corrected chi connectivity index (χ2v) is 2.91. The summed E-state index contributed by atoms with van der Waals surface area (Å²) in [6.07, 6.45) is 3.47. The van der Waals surface area contributed by atoms with E-state index in [1.165, 1.54) is 0 Å². The maximum atomic E-state index is 8.88. The summed E-state index contributed by atoms with van der Waals surface area (Å²) < 4.78 is 1.80. The maximum Gasteiger partial charge on any atom is 0.139 e. The van der Waals surface area contributed by atoms with Gasteiger partial charge in [-0.3, -0.25) is 0 Å². The first kappa shape index (κ1) is 7.58. The molecule has 4 heteroatoms. The Morgan fingerprint density at radius 2 is 2.42 bits per heavy atom. The van der Waals surface area contributed by atoms with E-state index in [1.807, 2.05) is 0 Å². The highest BCUT2D eigenvalue weighted by molar-refractivity contribution is 6.30. The monoisotopic (exact) mass is 182 g/mol. The minimum Gasteiger partial charge on any atom is -0.388 e. The molecule has 2 heterocycles. The van der Waals surface area contributed by atoms with Crippen molar-refractivity contribution in [1.82, 2.24) is 9.38 Å². The van der Waals surface area contributed by atoms with Gasteiger partial charge in [0.05, 0.1) is 11.7 Å². The lowest BCUT2D eigenvalue weighted by Crippen LogP contribution is -1.92. The Morgan fingerprint density at radius 1 is 1.58 bits per heavy atom. The lowest BCUT2D eigenvalue weighted by atomic mass is 10.4. The normalized spacial score (nSPS) is 10.8. The van der Waals surface area contributed by atoms with Crippen LogP contribution in [0.1, 0.15) is 5.82 Å². The van der Waals surface area contributed by atoms with E-state index < -0.39 is 0 Å². The van der Waals surface area contributed by atoms with Crippen molar-refractivity contribution in [2.45, 2.75) is 6.61 Å². The molecule has 62 valence electrons. The molecule has 0 amide bonds. The smallest absolute Gasteiger partial charge is 0.139 e. The van der Waals surface area contributed by atoms with E-state index in [0.29, 0.717) is 10.8 Å². The van der Waals surface area contributed by atoms with Crippen molar-refractivity contribution in [3.05, 3.63) is 35.4 Å². The van der Waals surface area contributed by atoms with Gasteiger partial charge in [0, 0.05) is 11.2 Å². The molecule has 2 aromatic rings. The van der Waals surface area contributed by atoms with Crippen LogP contribution in [-0.2, 0) is 6.61 Å². The second-order valence-electron chi connectivity index (χ2n) is 2.47. The fourth-order valence-corrected chi connectivity index (χ4v) is 1.31.